The third-order valence-electron chi connectivity index (χ3n) is 3.85. The summed E-state index contributed by atoms with van der Waals surface area (Å²) in [6.07, 6.45) is 4.94. The van der Waals surface area contributed by atoms with Crippen molar-refractivity contribution >= 4 is 5.95 Å². The van der Waals surface area contributed by atoms with Crippen molar-refractivity contribution in [3.63, 3.8) is 0 Å². The molecular formula is C13H20N4O. The molecule has 2 N–H and O–H groups in total. The SMILES string of the molecule is COc1cc(C)nc(NC2CC3CCC(C2)N3)n1. The zero-order valence-electron chi connectivity index (χ0n) is 10.9. The molecule has 2 saturated heterocycles. The van der Waals surface area contributed by atoms with Gasteiger partial charge in [-0.2, -0.15) is 4.98 Å². The van der Waals surface area contributed by atoms with Crippen LogP contribution in [0.5, 0.6) is 5.88 Å². The lowest BCUT2D eigenvalue weighted by molar-refractivity contribution is 0.375. The van der Waals surface area contributed by atoms with Gasteiger partial charge in [0.2, 0.25) is 11.8 Å². The van der Waals surface area contributed by atoms with E-state index in [1.165, 1.54) is 12.8 Å². The van der Waals surface area contributed by atoms with Crippen molar-refractivity contribution in [3.8, 4) is 5.88 Å². The molecule has 0 radical (unpaired) electrons. The van der Waals surface area contributed by atoms with Crippen LogP contribution in [0, 0.1) is 6.92 Å². The van der Waals surface area contributed by atoms with Gasteiger partial charge in [-0.1, -0.05) is 0 Å². The number of hydrogen-bond acceptors (Lipinski definition) is 5. The predicted octanol–water partition coefficient (Wildman–Crippen LogP) is 1.49. The van der Waals surface area contributed by atoms with Crippen LogP contribution in [0.4, 0.5) is 5.95 Å². The fourth-order valence-electron chi connectivity index (χ4n) is 3.07. The summed E-state index contributed by atoms with van der Waals surface area (Å²) in [7, 11) is 1.64. The van der Waals surface area contributed by atoms with Crippen molar-refractivity contribution in [1.82, 2.24) is 15.3 Å². The van der Waals surface area contributed by atoms with Gasteiger partial charge in [0.15, 0.2) is 0 Å². The molecule has 0 amide bonds. The Bertz CT molecular complexity index is 425. The molecule has 3 heterocycles. The molecule has 0 spiro atoms. The van der Waals surface area contributed by atoms with E-state index >= 15 is 0 Å². The molecule has 5 heteroatoms. The van der Waals surface area contributed by atoms with E-state index < -0.39 is 0 Å². The monoisotopic (exact) mass is 248 g/mol. The number of aromatic nitrogens is 2. The number of anilines is 1. The fourth-order valence-corrected chi connectivity index (χ4v) is 3.07. The van der Waals surface area contributed by atoms with E-state index in [0.717, 1.165) is 18.5 Å². The minimum atomic E-state index is 0.482. The Morgan fingerprint density at radius 2 is 2.00 bits per heavy atom. The second-order valence-corrected chi connectivity index (χ2v) is 5.33. The Hall–Kier alpha value is -1.36. The fraction of sp³-hybridized carbons (Fsp3) is 0.692. The number of aryl methyl sites for hydroxylation is 1. The van der Waals surface area contributed by atoms with E-state index in [1.54, 1.807) is 7.11 Å². The first kappa shape index (κ1) is 11.7. The number of rotatable bonds is 3. The number of hydrogen-bond donors (Lipinski definition) is 2. The van der Waals surface area contributed by atoms with Gasteiger partial charge in [-0.25, -0.2) is 4.98 Å². The average molecular weight is 248 g/mol. The van der Waals surface area contributed by atoms with Crippen molar-refractivity contribution in [3.05, 3.63) is 11.8 Å². The molecule has 2 aliphatic rings. The maximum atomic E-state index is 5.18. The van der Waals surface area contributed by atoms with E-state index in [9.17, 15) is 0 Å². The quantitative estimate of drug-likeness (QED) is 0.848. The number of nitrogens with zero attached hydrogens (tertiary/aromatic N) is 2. The Balaban J connectivity index is 1.70. The van der Waals surface area contributed by atoms with Crippen molar-refractivity contribution in [2.24, 2.45) is 0 Å². The van der Waals surface area contributed by atoms with Crippen molar-refractivity contribution in [2.45, 2.75) is 50.7 Å². The van der Waals surface area contributed by atoms with Gasteiger partial charge in [-0.3, -0.25) is 0 Å². The maximum absolute atomic E-state index is 5.18. The minimum Gasteiger partial charge on any atom is -0.481 e. The molecule has 2 unspecified atom stereocenters. The first-order chi connectivity index (χ1) is 8.72. The lowest BCUT2D eigenvalue weighted by Crippen LogP contribution is -2.43. The molecule has 98 valence electrons. The van der Waals surface area contributed by atoms with Crippen LogP contribution in [0.15, 0.2) is 6.07 Å². The van der Waals surface area contributed by atoms with E-state index in [4.69, 9.17) is 4.74 Å². The van der Waals surface area contributed by atoms with Crippen LogP contribution in [0.3, 0.4) is 0 Å². The van der Waals surface area contributed by atoms with Crippen LogP contribution in [0.1, 0.15) is 31.4 Å². The molecule has 2 atom stereocenters. The van der Waals surface area contributed by atoms with Crippen molar-refractivity contribution in [2.75, 3.05) is 12.4 Å². The van der Waals surface area contributed by atoms with Gasteiger partial charge in [-0.15, -0.1) is 0 Å². The zero-order chi connectivity index (χ0) is 12.5. The summed E-state index contributed by atoms with van der Waals surface area (Å²) in [5.74, 6) is 1.32. The second kappa shape index (κ2) is 4.72. The molecule has 0 aromatic carbocycles. The lowest BCUT2D eigenvalue weighted by atomic mass is 10.0. The number of piperidine rings is 1. The molecule has 2 bridgehead atoms. The smallest absolute Gasteiger partial charge is 0.226 e. The minimum absolute atomic E-state index is 0.482. The number of fused-ring (bicyclic) bond motifs is 2. The van der Waals surface area contributed by atoms with Gasteiger partial charge in [0.25, 0.3) is 0 Å². The van der Waals surface area contributed by atoms with Crippen LogP contribution in [-0.4, -0.2) is 35.2 Å². The molecular weight excluding hydrogens is 228 g/mol. The first-order valence-electron chi connectivity index (χ1n) is 6.65. The van der Waals surface area contributed by atoms with Crippen LogP contribution < -0.4 is 15.4 Å². The Kier molecular flexibility index (Phi) is 3.07. The number of methoxy groups -OCH3 is 1. The summed E-state index contributed by atoms with van der Waals surface area (Å²) >= 11 is 0. The highest BCUT2D eigenvalue weighted by Crippen LogP contribution is 2.28. The van der Waals surface area contributed by atoms with Gasteiger partial charge < -0.3 is 15.4 Å². The van der Waals surface area contributed by atoms with E-state index in [1.807, 2.05) is 13.0 Å². The van der Waals surface area contributed by atoms with Gasteiger partial charge >= 0.3 is 0 Å². The maximum Gasteiger partial charge on any atom is 0.226 e. The van der Waals surface area contributed by atoms with Crippen LogP contribution in [0.25, 0.3) is 0 Å². The first-order valence-corrected chi connectivity index (χ1v) is 6.65. The largest absolute Gasteiger partial charge is 0.481 e. The van der Waals surface area contributed by atoms with E-state index in [0.29, 0.717) is 30.0 Å². The molecule has 2 aliphatic heterocycles. The Labute approximate surface area is 107 Å². The van der Waals surface area contributed by atoms with E-state index in [2.05, 4.69) is 20.6 Å². The summed E-state index contributed by atoms with van der Waals surface area (Å²) in [5.41, 5.74) is 0.932. The standard InChI is InChI=1S/C13H20N4O/c1-8-5-12(18-2)17-13(14-8)16-11-6-9-3-4-10(7-11)15-9/h5,9-11,15H,3-4,6-7H2,1-2H3,(H,14,16,17). The predicted molar refractivity (Wildman–Crippen MR) is 69.9 cm³/mol. The summed E-state index contributed by atoms with van der Waals surface area (Å²) in [6.45, 7) is 1.96. The van der Waals surface area contributed by atoms with E-state index in [-0.39, 0.29) is 0 Å². The Morgan fingerprint density at radius 3 is 2.67 bits per heavy atom. The zero-order valence-corrected chi connectivity index (χ0v) is 10.9. The van der Waals surface area contributed by atoms with Gasteiger partial charge in [-0.05, 0) is 32.6 Å². The molecule has 0 aliphatic carbocycles. The van der Waals surface area contributed by atoms with Crippen LogP contribution in [-0.2, 0) is 0 Å². The van der Waals surface area contributed by atoms with Gasteiger partial charge in [0.1, 0.15) is 0 Å². The summed E-state index contributed by atoms with van der Waals surface area (Å²) < 4.78 is 5.18. The van der Waals surface area contributed by atoms with Gasteiger partial charge in [0.05, 0.1) is 7.11 Å². The highest BCUT2D eigenvalue weighted by Gasteiger charge is 2.33. The molecule has 1 aromatic heterocycles. The molecule has 5 nitrogen and oxygen atoms in total. The number of ether oxygens (including phenoxy) is 1. The normalized spacial score (nSPS) is 30.2. The molecule has 3 rings (SSSR count). The summed E-state index contributed by atoms with van der Waals surface area (Å²) in [6, 6.07) is 3.67. The molecule has 1 aromatic rings. The summed E-state index contributed by atoms with van der Waals surface area (Å²) in [5, 5.41) is 7.09. The summed E-state index contributed by atoms with van der Waals surface area (Å²) in [4.78, 5) is 8.78. The van der Waals surface area contributed by atoms with Crippen molar-refractivity contribution in [1.29, 1.82) is 0 Å². The van der Waals surface area contributed by atoms with Gasteiger partial charge in [0, 0.05) is 29.9 Å². The average Bonchev–Trinajstić information content (AvgIpc) is 2.68. The number of nitrogens with one attached hydrogen (secondary N) is 2. The lowest BCUT2D eigenvalue weighted by Gasteiger charge is -2.29. The van der Waals surface area contributed by atoms with Crippen LogP contribution in [0.2, 0.25) is 0 Å². The van der Waals surface area contributed by atoms with Crippen LogP contribution >= 0.6 is 0 Å². The molecule has 18 heavy (non-hydrogen) atoms. The Morgan fingerprint density at radius 1 is 1.28 bits per heavy atom. The highest BCUT2D eigenvalue weighted by atomic mass is 16.5. The third kappa shape index (κ3) is 2.41. The van der Waals surface area contributed by atoms with Crippen molar-refractivity contribution < 1.29 is 4.74 Å². The highest BCUT2D eigenvalue weighted by molar-refractivity contribution is 5.32. The topological polar surface area (TPSA) is 59.1 Å². The molecule has 2 fully saturated rings. The molecule has 0 saturated carbocycles. The second-order valence-electron chi connectivity index (χ2n) is 5.33. The third-order valence-corrected chi connectivity index (χ3v) is 3.85.